The van der Waals surface area contributed by atoms with Gasteiger partial charge in [-0.3, -0.25) is 4.90 Å². The summed E-state index contributed by atoms with van der Waals surface area (Å²) in [5.41, 5.74) is 1.09. The van der Waals surface area contributed by atoms with Crippen molar-refractivity contribution in [1.82, 2.24) is 15.0 Å². The summed E-state index contributed by atoms with van der Waals surface area (Å²) in [5.74, 6) is 1.06. The fourth-order valence-corrected chi connectivity index (χ4v) is 2.09. The van der Waals surface area contributed by atoms with E-state index in [1.807, 2.05) is 56.4 Å². The predicted octanol–water partition coefficient (Wildman–Crippen LogP) is 1.15. The molecule has 0 aliphatic carbocycles. The van der Waals surface area contributed by atoms with Crippen molar-refractivity contribution in [2.45, 2.75) is 19.3 Å². The molecule has 1 N–H and O–H groups in total. The van der Waals surface area contributed by atoms with Crippen LogP contribution < -0.4 is 4.90 Å². The Bertz CT molecular complexity index is 574. The summed E-state index contributed by atoms with van der Waals surface area (Å²) in [5, 5.41) is 13.9. The summed E-state index contributed by atoms with van der Waals surface area (Å²) in [6.07, 6.45) is -0.569. The molecule has 0 aliphatic rings. The molecule has 1 heterocycles. The molecule has 126 valence electrons. The largest absolute Gasteiger partial charge is 0.389 e. The third kappa shape index (κ3) is 5.97. The summed E-state index contributed by atoms with van der Waals surface area (Å²) in [6, 6.07) is 9.89. The number of hydrogen-bond acceptors (Lipinski definition) is 7. The van der Waals surface area contributed by atoms with E-state index >= 15 is 0 Å². The van der Waals surface area contributed by atoms with Crippen LogP contribution in [0.1, 0.15) is 11.5 Å². The molecule has 0 aliphatic heterocycles. The van der Waals surface area contributed by atoms with E-state index in [0.29, 0.717) is 31.5 Å². The first-order valence-corrected chi connectivity index (χ1v) is 7.53. The SMILES string of the molecule is CN(Cc1nc(N(C)C)no1)C[C@H](O)COCc1ccccc1. The fourth-order valence-electron chi connectivity index (χ4n) is 2.09. The van der Waals surface area contributed by atoms with Gasteiger partial charge in [-0.1, -0.05) is 30.3 Å². The van der Waals surface area contributed by atoms with Crippen molar-refractivity contribution >= 4 is 5.95 Å². The van der Waals surface area contributed by atoms with E-state index in [9.17, 15) is 5.11 Å². The van der Waals surface area contributed by atoms with E-state index in [-0.39, 0.29) is 6.61 Å². The number of benzene rings is 1. The molecule has 0 fully saturated rings. The van der Waals surface area contributed by atoms with Crippen LogP contribution in [0.5, 0.6) is 0 Å². The molecular weight excluding hydrogens is 296 g/mol. The van der Waals surface area contributed by atoms with Crippen LogP contribution in [0.25, 0.3) is 0 Å². The van der Waals surface area contributed by atoms with Gasteiger partial charge in [-0.05, 0) is 17.8 Å². The van der Waals surface area contributed by atoms with Crippen LogP contribution in [-0.4, -0.2) is 60.5 Å². The number of nitrogens with zero attached hydrogens (tertiary/aromatic N) is 4. The molecule has 7 heteroatoms. The molecule has 2 aromatic rings. The molecule has 7 nitrogen and oxygen atoms in total. The maximum Gasteiger partial charge on any atom is 0.265 e. The summed E-state index contributed by atoms with van der Waals surface area (Å²) in [7, 11) is 5.60. The van der Waals surface area contributed by atoms with Gasteiger partial charge in [0.05, 0.1) is 25.9 Å². The van der Waals surface area contributed by atoms with Crippen molar-refractivity contribution in [1.29, 1.82) is 0 Å². The highest BCUT2D eigenvalue weighted by Crippen LogP contribution is 2.08. The smallest absolute Gasteiger partial charge is 0.265 e. The van der Waals surface area contributed by atoms with E-state index < -0.39 is 6.10 Å². The molecule has 2 rings (SSSR count). The second kappa shape index (κ2) is 8.61. The van der Waals surface area contributed by atoms with E-state index in [4.69, 9.17) is 9.26 Å². The number of likely N-dealkylation sites (N-methyl/N-ethyl adjacent to an activating group) is 1. The van der Waals surface area contributed by atoms with Crippen LogP contribution in [0.15, 0.2) is 34.9 Å². The van der Waals surface area contributed by atoms with Gasteiger partial charge in [-0.15, -0.1) is 0 Å². The van der Waals surface area contributed by atoms with Crippen molar-refractivity contribution in [3.8, 4) is 0 Å². The zero-order chi connectivity index (χ0) is 16.7. The number of aromatic nitrogens is 2. The van der Waals surface area contributed by atoms with E-state index in [1.165, 1.54) is 0 Å². The van der Waals surface area contributed by atoms with Gasteiger partial charge in [0, 0.05) is 20.6 Å². The highest BCUT2D eigenvalue weighted by molar-refractivity contribution is 5.23. The van der Waals surface area contributed by atoms with Gasteiger partial charge in [-0.25, -0.2) is 0 Å². The maximum atomic E-state index is 10.0. The second-order valence-corrected chi connectivity index (χ2v) is 5.73. The zero-order valence-electron chi connectivity index (χ0n) is 13.8. The lowest BCUT2D eigenvalue weighted by Gasteiger charge is -2.18. The first kappa shape index (κ1) is 17.4. The van der Waals surface area contributed by atoms with Gasteiger partial charge in [0.1, 0.15) is 0 Å². The Morgan fingerprint density at radius 1 is 1.22 bits per heavy atom. The Hall–Kier alpha value is -1.96. The Kier molecular flexibility index (Phi) is 6.52. The molecule has 23 heavy (non-hydrogen) atoms. The van der Waals surface area contributed by atoms with Gasteiger partial charge in [0.2, 0.25) is 5.89 Å². The standard InChI is InChI=1S/C16H24N4O3/c1-19(2)16-17-15(23-18-16)10-20(3)9-14(21)12-22-11-13-7-5-4-6-8-13/h4-8,14,21H,9-12H2,1-3H3/t14-/m0/s1. The molecule has 0 bridgehead atoms. The average Bonchev–Trinajstić information content (AvgIpc) is 2.97. The molecule has 0 saturated heterocycles. The monoisotopic (exact) mass is 320 g/mol. The minimum absolute atomic E-state index is 0.284. The Labute approximate surface area is 136 Å². The second-order valence-electron chi connectivity index (χ2n) is 5.73. The van der Waals surface area contributed by atoms with Crippen molar-refractivity contribution in [3.63, 3.8) is 0 Å². The van der Waals surface area contributed by atoms with Crippen LogP contribution in [0, 0.1) is 0 Å². The van der Waals surface area contributed by atoms with Gasteiger partial charge in [-0.2, -0.15) is 4.98 Å². The minimum atomic E-state index is -0.569. The Morgan fingerprint density at radius 3 is 2.61 bits per heavy atom. The Balaban J connectivity index is 1.68. The summed E-state index contributed by atoms with van der Waals surface area (Å²) in [4.78, 5) is 7.95. The molecule has 1 atom stereocenters. The number of hydrogen-bond donors (Lipinski definition) is 1. The molecule has 1 aromatic carbocycles. The van der Waals surface area contributed by atoms with Crippen molar-refractivity contribution in [2.75, 3.05) is 39.2 Å². The van der Waals surface area contributed by atoms with Gasteiger partial charge >= 0.3 is 0 Å². The van der Waals surface area contributed by atoms with Crippen molar-refractivity contribution in [3.05, 3.63) is 41.8 Å². The number of aliphatic hydroxyl groups excluding tert-OH is 1. The van der Waals surface area contributed by atoms with Gasteiger partial charge < -0.3 is 19.3 Å². The fraction of sp³-hybridized carbons (Fsp3) is 0.500. The maximum absolute atomic E-state index is 10.0. The third-order valence-electron chi connectivity index (χ3n) is 3.21. The van der Waals surface area contributed by atoms with E-state index in [0.717, 1.165) is 5.56 Å². The average molecular weight is 320 g/mol. The molecule has 0 unspecified atom stereocenters. The first-order valence-electron chi connectivity index (χ1n) is 7.53. The zero-order valence-corrected chi connectivity index (χ0v) is 13.8. The molecule has 1 aromatic heterocycles. The van der Waals surface area contributed by atoms with Crippen molar-refractivity contribution < 1.29 is 14.4 Å². The van der Waals surface area contributed by atoms with Crippen LogP contribution in [-0.2, 0) is 17.9 Å². The topological polar surface area (TPSA) is 74.9 Å². The third-order valence-corrected chi connectivity index (χ3v) is 3.21. The summed E-state index contributed by atoms with van der Waals surface area (Å²) < 4.78 is 10.7. The van der Waals surface area contributed by atoms with Crippen LogP contribution in [0.2, 0.25) is 0 Å². The quantitative estimate of drug-likeness (QED) is 0.742. The molecule has 0 spiro atoms. The molecular formula is C16H24N4O3. The van der Waals surface area contributed by atoms with E-state index in [2.05, 4.69) is 10.1 Å². The lowest BCUT2D eigenvalue weighted by molar-refractivity contribution is 0.0115. The number of rotatable bonds is 9. The van der Waals surface area contributed by atoms with Crippen LogP contribution in [0.3, 0.4) is 0 Å². The predicted molar refractivity (Wildman–Crippen MR) is 87.1 cm³/mol. The number of aliphatic hydroxyl groups is 1. The lowest BCUT2D eigenvalue weighted by Crippen LogP contribution is -2.32. The summed E-state index contributed by atoms with van der Waals surface area (Å²) >= 11 is 0. The molecule has 0 amide bonds. The highest BCUT2D eigenvalue weighted by atomic mass is 16.5. The number of ether oxygens (including phenoxy) is 1. The van der Waals surface area contributed by atoms with Crippen LogP contribution >= 0.6 is 0 Å². The van der Waals surface area contributed by atoms with Gasteiger partial charge in [0.15, 0.2) is 0 Å². The lowest BCUT2D eigenvalue weighted by atomic mass is 10.2. The Morgan fingerprint density at radius 2 is 1.96 bits per heavy atom. The number of anilines is 1. The molecule has 0 saturated carbocycles. The molecule has 0 radical (unpaired) electrons. The van der Waals surface area contributed by atoms with E-state index in [1.54, 1.807) is 4.90 Å². The summed E-state index contributed by atoms with van der Waals surface area (Å²) in [6.45, 7) is 1.73. The highest BCUT2D eigenvalue weighted by Gasteiger charge is 2.13. The normalized spacial score (nSPS) is 12.6. The first-order chi connectivity index (χ1) is 11.0. The van der Waals surface area contributed by atoms with Gasteiger partial charge in [0.25, 0.3) is 5.95 Å². The minimum Gasteiger partial charge on any atom is -0.389 e. The van der Waals surface area contributed by atoms with Crippen LogP contribution in [0.4, 0.5) is 5.95 Å². The van der Waals surface area contributed by atoms with Crippen molar-refractivity contribution in [2.24, 2.45) is 0 Å².